The molecule has 0 radical (unpaired) electrons. The summed E-state index contributed by atoms with van der Waals surface area (Å²) in [5.74, 6) is 0.275. The summed E-state index contributed by atoms with van der Waals surface area (Å²) < 4.78 is 24.5. The summed E-state index contributed by atoms with van der Waals surface area (Å²) >= 11 is 6.41. The molecule has 160 valence electrons. The number of carbonyl (C=O) groups is 1. The number of halogens is 2. The van der Waals surface area contributed by atoms with Crippen molar-refractivity contribution in [1.82, 2.24) is 5.43 Å². The van der Waals surface area contributed by atoms with E-state index in [-0.39, 0.29) is 18.1 Å². The van der Waals surface area contributed by atoms with Crippen molar-refractivity contribution < 1.29 is 18.7 Å². The summed E-state index contributed by atoms with van der Waals surface area (Å²) in [6.45, 7) is 2.66. The first-order chi connectivity index (χ1) is 15.0. The number of hydrazone groups is 1. The third-order valence-corrected chi connectivity index (χ3v) is 4.52. The van der Waals surface area contributed by atoms with Gasteiger partial charge in [-0.05, 0) is 47.9 Å². The largest absolute Gasteiger partial charge is 0.490 e. The van der Waals surface area contributed by atoms with Gasteiger partial charge < -0.3 is 9.47 Å². The van der Waals surface area contributed by atoms with E-state index in [0.29, 0.717) is 40.9 Å². The normalized spacial score (nSPS) is 10.8. The van der Waals surface area contributed by atoms with E-state index in [1.807, 2.05) is 37.3 Å². The molecule has 0 saturated carbocycles. The summed E-state index contributed by atoms with van der Waals surface area (Å²) in [6, 6.07) is 18.9. The Balaban J connectivity index is 1.65. The van der Waals surface area contributed by atoms with Crippen molar-refractivity contribution in [2.45, 2.75) is 20.0 Å². The smallest absolute Gasteiger partial charge is 0.244 e. The lowest BCUT2D eigenvalue weighted by Gasteiger charge is -2.14. The van der Waals surface area contributed by atoms with E-state index in [9.17, 15) is 9.18 Å². The van der Waals surface area contributed by atoms with Crippen LogP contribution in [0.2, 0.25) is 5.02 Å². The second-order valence-corrected chi connectivity index (χ2v) is 7.04. The topological polar surface area (TPSA) is 59.9 Å². The highest BCUT2D eigenvalue weighted by molar-refractivity contribution is 6.32. The highest BCUT2D eigenvalue weighted by Gasteiger charge is 2.12. The fourth-order valence-electron chi connectivity index (χ4n) is 2.80. The zero-order chi connectivity index (χ0) is 22.1. The van der Waals surface area contributed by atoms with Crippen molar-refractivity contribution in [2.75, 3.05) is 6.61 Å². The fourth-order valence-corrected chi connectivity index (χ4v) is 3.07. The van der Waals surface area contributed by atoms with E-state index in [4.69, 9.17) is 21.1 Å². The van der Waals surface area contributed by atoms with Crippen LogP contribution in [-0.4, -0.2) is 18.7 Å². The third-order valence-electron chi connectivity index (χ3n) is 4.24. The molecule has 0 unspecified atom stereocenters. The second-order valence-electron chi connectivity index (χ2n) is 6.63. The van der Waals surface area contributed by atoms with Gasteiger partial charge in [0.2, 0.25) is 5.91 Å². The van der Waals surface area contributed by atoms with Crippen molar-refractivity contribution >= 4 is 23.7 Å². The Morgan fingerprint density at radius 1 is 1.06 bits per heavy atom. The fraction of sp³-hybridized carbons (Fsp3) is 0.167. The summed E-state index contributed by atoms with van der Waals surface area (Å²) in [4.78, 5) is 12.0. The van der Waals surface area contributed by atoms with Gasteiger partial charge >= 0.3 is 0 Å². The molecule has 3 aromatic rings. The SMILES string of the molecule is CCOc1cc(/C=N/NC(=O)Cc2ccc(F)cc2)cc(Cl)c1OCc1ccccc1. The number of benzene rings is 3. The number of nitrogens with zero attached hydrogens (tertiary/aromatic N) is 1. The standard InChI is InChI=1S/C24H22ClFN2O3/c1-2-30-22-13-19(12-21(25)24(22)31-16-18-6-4-3-5-7-18)15-27-28-23(29)14-17-8-10-20(26)11-9-17/h3-13,15H,2,14,16H2,1H3,(H,28,29)/b27-15+. The van der Waals surface area contributed by atoms with E-state index in [0.717, 1.165) is 5.56 Å². The zero-order valence-electron chi connectivity index (χ0n) is 17.0. The average molecular weight is 441 g/mol. The first-order valence-corrected chi connectivity index (χ1v) is 10.1. The minimum Gasteiger partial charge on any atom is -0.490 e. The van der Waals surface area contributed by atoms with E-state index in [1.54, 1.807) is 24.3 Å². The van der Waals surface area contributed by atoms with Crippen LogP contribution in [0.1, 0.15) is 23.6 Å². The number of ether oxygens (including phenoxy) is 2. The summed E-state index contributed by atoms with van der Waals surface area (Å²) in [6.07, 6.45) is 1.56. The molecule has 0 atom stereocenters. The summed E-state index contributed by atoms with van der Waals surface area (Å²) in [5.41, 5.74) is 4.79. The van der Waals surface area contributed by atoms with E-state index >= 15 is 0 Å². The molecular formula is C24H22ClFN2O3. The molecule has 0 aromatic heterocycles. The molecule has 0 aliphatic rings. The number of nitrogens with one attached hydrogen (secondary N) is 1. The Bertz CT molecular complexity index is 1040. The number of amides is 1. The molecule has 0 saturated heterocycles. The van der Waals surface area contributed by atoms with Crippen molar-refractivity contribution in [3.05, 3.63) is 94.3 Å². The zero-order valence-corrected chi connectivity index (χ0v) is 17.7. The van der Waals surface area contributed by atoms with Gasteiger partial charge in [0.1, 0.15) is 12.4 Å². The van der Waals surface area contributed by atoms with Gasteiger partial charge in [-0.25, -0.2) is 9.82 Å². The second kappa shape index (κ2) is 11.1. The lowest BCUT2D eigenvalue weighted by molar-refractivity contribution is -0.120. The van der Waals surface area contributed by atoms with E-state index in [2.05, 4.69) is 10.5 Å². The number of hydrogen-bond acceptors (Lipinski definition) is 4. The van der Waals surface area contributed by atoms with Gasteiger partial charge in [-0.15, -0.1) is 0 Å². The van der Waals surface area contributed by atoms with E-state index in [1.165, 1.54) is 18.3 Å². The molecule has 0 spiro atoms. The van der Waals surface area contributed by atoms with Crippen molar-refractivity contribution in [1.29, 1.82) is 0 Å². The molecule has 0 aliphatic carbocycles. The van der Waals surface area contributed by atoms with Crippen LogP contribution in [-0.2, 0) is 17.8 Å². The molecule has 1 amide bonds. The Morgan fingerprint density at radius 2 is 1.81 bits per heavy atom. The molecule has 31 heavy (non-hydrogen) atoms. The maximum atomic E-state index is 12.9. The lowest BCUT2D eigenvalue weighted by Crippen LogP contribution is -2.19. The Morgan fingerprint density at radius 3 is 2.52 bits per heavy atom. The van der Waals surface area contributed by atoms with Crippen LogP contribution in [0.15, 0.2) is 71.8 Å². The minimum absolute atomic E-state index is 0.0921. The Hall–Kier alpha value is -3.38. The first-order valence-electron chi connectivity index (χ1n) is 9.74. The Kier molecular flexibility index (Phi) is 8.01. The summed E-state index contributed by atoms with van der Waals surface area (Å²) in [7, 11) is 0. The van der Waals surface area contributed by atoms with Crippen LogP contribution in [0.4, 0.5) is 4.39 Å². The van der Waals surface area contributed by atoms with Gasteiger partial charge in [-0.3, -0.25) is 4.79 Å². The molecule has 5 nitrogen and oxygen atoms in total. The molecule has 0 fully saturated rings. The molecule has 7 heteroatoms. The van der Waals surface area contributed by atoms with Crippen LogP contribution >= 0.6 is 11.6 Å². The van der Waals surface area contributed by atoms with Gasteiger partial charge in [0.05, 0.1) is 24.3 Å². The van der Waals surface area contributed by atoms with Gasteiger partial charge in [0.15, 0.2) is 11.5 Å². The van der Waals surface area contributed by atoms with Crippen molar-refractivity contribution in [3.63, 3.8) is 0 Å². The number of carbonyl (C=O) groups excluding carboxylic acids is 1. The molecular weight excluding hydrogens is 419 g/mol. The van der Waals surface area contributed by atoms with Crippen LogP contribution in [0.5, 0.6) is 11.5 Å². The number of rotatable bonds is 9. The molecule has 1 N–H and O–H groups in total. The molecule has 3 rings (SSSR count). The predicted molar refractivity (Wildman–Crippen MR) is 119 cm³/mol. The van der Waals surface area contributed by atoms with E-state index < -0.39 is 0 Å². The van der Waals surface area contributed by atoms with Crippen LogP contribution in [0.3, 0.4) is 0 Å². The molecule has 0 heterocycles. The quantitative estimate of drug-likeness (QED) is 0.370. The average Bonchev–Trinajstić information content (AvgIpc) is 2.76. The monoisotopic (exact) mass is 440 g/mol. The van der Waals surface area contributed by atoms with Gasteiger partial charge in [0, 0.05) is 0 Å². The lowest BCUT2D eigenvalue weighted by atomic mass is 10.1. The third kappa shape index (κ3) is 6.83. The van der Waals surface area contributed by atoms with Crippen LogP contribution < -0.4 is 14.9 Å². The first kappa shape index (κ1) is 22.3. The van der Waals surface area contributed by atoms with Crippen molar-refractivity contribution in [2.24, 2.45) is 5.10 Å². The number of hydrogen-bond donors (Lipinski definition) is 1. The highest BCUT2D eigenvalue weighted by atomic mass is 35.5. The Labute approximate surface area is 185 Å². The van der Waals surface area contributed by atoms with Gasteiger partial charge in [-0.1, -0.05) is 54.1 Å². The molecule has 3 aromatic carbocycles. The minimum atomic E-state index is -0.347. The predicted octanol–water partition coefficient (Wildman–Crippen LogP) is 5.15. The van der Waals surface area contributed by atoms with Crippen LogP contribution in [0.25, 0.3) is 0 Å². The molecule has 0 aliphatic heterocycles. The summed E-state index contributed by atoms with van der Waals surface area (Å²) in [5, 5.41) is 4.34. The molecule has 0 bridgehead atoms. The van der Waals surface area contributed by atoms with Gasteiger partial charge in [-0.2, -0.15) is 5.10 Å². The highest BCUT2D eigenvalue weighted by Crippen LogP contribution is 2.36. The maximum Gasteiger partial charge on any atom is 0.244 e. The maximum absolute atomic E-state index is 12.9. The van der Waals surface area contributed by atoms with Gasteiger partial charge in [0.25, 0.3) is 0 Å². The van der Waals surface area contributed by atoms with Crippen LogP contribution in [0, 0.1) is 5.82 Å². The van der Waals surface area contributed by atoms with Crippen molar-refractivity contribution in [3.8, 4) is 11.5 Å².